The van der Waals surface area contributed by atoms with E-state index in [2.05, 4.69) is 22.4 Å². The summed E-state index contributed by atoms with van der Waals surface area (Å²) >= 11 is 1.74. The summed E-state index contributed by atoms with van der Waals surface area (Å²) < 4.78 is 0. The summed E-state index contributed by atoms with van der Waals surface area (Å²) in [6.45, 7) is 3.09. The number of fused-ring (bicyclic) bond motifs is 1. The number of benzene rings is 1. The first-order chi connectivity index (χ1) is 9.79. The molecule has 1 aliphatic heterocycles. The van der Waals surface area contributed by atoms with Crippen LogP contribution in [-0.4, -0.2) is 34.2 Å². The molecule has 2 aliphatic rings. The van der Waals surface area contributed by atoms with Gasteiger partial charge in [0.15, 0.2) is 0 Å². The first kappa shape index (κ1) is 12.5. The predicted molar refractivity (Wildman–Crippen MR) is 80.4 cm³/mol. The summed E-state index contributed by atoms with van der Waals surface area (Å²) in [7, 11) is 0. The highest BCUT2D eigenvalue weighted by Gasteiger charge is 2.46. The maximum atomic E-state index is 9.72. The summed E-state index contributed by atoms with van der Waals surface area (Å²) in [5.41, 5.74) is 2.26. The molecule has 20 heavy (non-hydrogen) atoms. The van der Waals surface area contributed by atoms with Crippen LogP contribution in [0.4, 0.5) is 0 Å². The van der Waals surface area contributed by atoms with E-state index in [1.807, 2.05) is 18.2 Å². The van der Waals surface area contributed by atoms with Gasteiger partial charge in [-0.15, -0.1) is 11.3 Å². The van der Waals surface area contributed by atoms with Gasteiger partial charge in [-0.25, -0.2) is 4.98 Å². The number of hydrogen-bond acceptors (Lipinski definition) is 4. The van der Waals surface area contributed by atoms with E-state index in [9.17, 15) is 5.11 Å². The largest absolute Gasteiger partial charge is 0.393 e. The van der Waals surface area contributed by atoms with E-state index in [-0.39, 0.29) is 6.10 Å². The maximum absolute atomic E-state index is 9.72. The third-order valence-corrected chi connectivity index (χ3v) is 5.42. The van der Waals surface area contributed by atoms with E-state index >= 15 is 0 Å². The van der Waals surface area contributed by atoms with Gasteiger partial charge < -0.3 is 5.11 Å². The fourth-order valence-corrected chi connectivity index (χ4v) is 4.25. The number of thiazole rings is 1. The molecule has 1 aromatic carbocycles. The van der Waals surface area contributed by atoms with Crippen molar-refractivity contribution in [3.63, 3.8) is 0 Å². The van der Waals surface area contributed by atoms with Crippen molar-refractivity contribution in [2.45, 2.75) is 19.1 Å². The number of rotatable bonds is 3. The minimum Gasteiger partial charge on any atom is -0.393 e. The molecule has 0 amide bonds. The van der Waals surface area contributed by atoms with Gasteiger partial charge in [-0.2, -0.15) is 0 Å². The zero-order chi connectivity index (χ0) is 13.5. The van der Waals surface area contributed by atoms with E-state index in [0.717, 1.165) is 37.7 Å². The summed E-state index contributed by atoms with van der Waals surface area (Å²) in [4.78, 5) is 7.19. The topological polar surface area (TPSA) is 36.4 Å². The molecule has 3 nitrogen and oxygen atoms in total. The molecule has 1 aliphatic carbocycles. The Morgan fingerprint density at radius 1 is 1.25 bits per heavy atom. The first-order valence-corrected chi connectivity index (χ1v) is 8.08. The Bertz CT molecular complexity index is 598. The number of aliphatic hydroxyl groups is 1. The van der Waals surface area contributed by atoms with E-state index in [1.165, 1.54) is 10.6 Å². The van der Waals surface area contributed by atoms with Crippen LogP contribution in [0.25, 0.3) is 11.3 Å². The van der Waals surface area contributed by atoms with Crippen LogP contribution in [0.2, 0.25) is 0 Å². The van der Waals surface area contributed by atoms with E-state index < -0.39 is 0 Å². The van der Waals surface area contributed by atoms with Gasteiger partial charge in [-0.05, 0) is 12.3 Å². The Morgan fingerprint density at radius 2 is 2.10 bits per heavy atom. The minimum atomic E-state index is -0.0545. The number of likely N-dealkylation sites (tertiary alicyclic amines) is 1. The Hall–Kier alpha value is -1.23. The van der Waals surface area contributed by atoms with Gasteiger partial charge in [-0.3, -0.25) is 4.90 Å². The van der Waals surface area contributed by atoms with Crippen LogP contribution in [0.3, 0.4) is 0 Å². The standard InChI is InChI=1S/C16H18N2OS/c19-15-6-12-7-18(8-13(12)15)9-16-17-14(10-20-16)11-4-2-1-3-5-11/h1-5,10,12-13,15,19H,6-9H2/t12-,13+,15-/m1/s1. The minimum absolute atomic E-state index is 0.0545. The SMILES string of the molecule is O[C@@H]1C[C@@H]2CN(Cc3nc(-c4ccccc4)cs3)C[C@@H]21. The van der Waals surface area contributed by atoms with Gasteiger partial charge in [0.05, 0.1) is 18.3 Å². The molecule has 0 unspecified atom stereocenters. The number of hydrogen-bond donors (Lipinski definition) is 1. The molecule has 2 fully saturated rings. The first-order valence-electron chi connectivity index (χ1n) is 7.20. The summed E-state index contributed by atoms with van der Waals surface area (Å²) in [5.74, 6) is 1.24. The van der Waals surface area contributed by atoms with Crippen molar-refractivity contribution in [1.82, 2.24) is 9.88 Å². The van der Waals surface area contributed by atoms with Crippen molar-refractivity contribution in [1.29, 1.82) is 0 Å². The Balaban J connectivity index is 1.44. The van der Waals surface area contributed by atoms with E-state index in [0.29, 0.717) is 5.92 Å². The predicted octanol–water partition coefficient (Wildman–Crippen LogP) is 2.62. The second kappa shape index (κ2) is 4.95. The lowest BCUT2D eigenvalue weighted by Gasteiger charge is -2.35. The number of nitrogens with zero attached hydrogens (tertiary/aromatic N) is 2. The average molecular weight is 286 g/mol. The molecule has 104 valence electrons. The summed E-state index contributed by atoms with van der Waals surface area (Å²) in [6, 6.07) is 10.3. The maximum Gasteiger partial charge on any atom is 0.107 e. The lowest BCUT2D eigenvalue weighted by molar-refractivity contribution is -0.00435. The number of aliphatic hydroxyl groups excluding tert-OH is 1. The van der Waals surface area contributed by atoms with Gasteiger partial charge in [-0.1, -0.05) is 30.3 Å². The van der Waals surface area contributed by atoms with Crippen LogP contribution >= 0.6 is 11.3 Å². The molecule has 1 aromatic heterocycles. The average Bonchev–Trinajstić information content (AvgIpc) is 3.05. The van der Waals surface area contributed by atoms with Gasteiger partial charge in [0.1, 0.15) is 5.01 Å². The van der Waals surface area contributed by atoms with E-state index in [4.69, 9.17) is 4.98 Å². The van der Waals surface area contributed by atoms with Crippen LogP contribution in [0.5, 0.6) is 0 Å². The van der Waals surface area contributed by atoms with Crippen molar-refractivity contribution in [2.24, 2.45) is 11.8 Å². The third kappa shape index (κ3) is 2.18. The highest BCUT2D eigenvalue weighted by Crippen LogP contribution is 2.41. The molecule has 2 aromatic rings. The second-order valence-corrected chi connectivity index (χ2v) is 6.86. The lowest BCUT2D eigenvalue weighted by atomic mass is 9.74. The Kier molecular flexibility index (Phi) is 3.10. The quantitative estimate of drug-likeness (QED) is 0.942. The normalized spacial score (nSPS) is 29.1. The lowest BCUT2D eigenvalue weighted by Crippen LogP contribution is -2.39. The fourth-order valence-electron chi connectivity index (χ4n) is 3.41. The smallest absolute Gasteiger partial charge is 0.107 e. The highest BCUT2D eigenvalue weighted by atomic mass is 32.1. The van der Waals surface area contributed by atoms with E-state index in [1.54, 1.807) is 11.3 Å². The Labute approximate surface area is 122 Å². The zero-order valence-corrected chi connectivity index (χ0v) is 12.1. The number of aromatic nitrogens is 1. The van der Waals surface area contributed by atoms with Gasteiger partial charge in [0.25, 0.3) is 0 Å². The monoisotopic (exact) mass is 286 g/mol. The summed E-state index contributed by atoms with van der Waals surface area (Å²) in [6.07, 6.45) is 0.940. The third-order valence-electron chi connectivity index (χ3n) is 4.59. The molecule has 1 saturated carbocycles. The van der Waals surface area contributed by atoms with Crippen LogP contribution in [-0.2, 0) is 6.54 Å². The molecule has 2 heterocycles. The molecule has 3 atom stereocenters. The zero-order valence-electron chi connectivity index (χ0n) is 11.3. The fraction of sp³-hybridized carbons (Fsp3) is 0.438. The molecule has 1 N–H and O–H groups in total. The molecule has 4 heteroatoms. The molecular weight excluding hydrogens is 268 g/mol. The molecular formula is C16H18N2OS. The van der Waals surface area contributed by atoms with Crippen molar-refractivity contribution < 1.29 is 5.11 Å². The molecule has 1 saturated heterocycles. The molecule has 0 spiro atoms. The molecule has 0 bridgehead atoms. The highest BCUT2D eigenvalue weighted by molar-refractivity contribution is 7.09. The van der Waals surface area contributed by atoms with Gasteiger partial charge >= 0.3 is 0 Å². The Morgan fingerprint density at radius 3 is 2.85 bits per heavy atom. The van der Waals surface area contributed by atoms with Gasteiger partial charge in [0.2, 0.25) is 0 Å². The summed E-state index contributed by atoms with van der Waals surface area (Å²) in [5, 5.41) is 13.0. The van der Waals surface area contributed by atoms with Crippen molar-refractivity contribution >= 4 is 11.3 Å². The van der Waals surface area contributed by atoms with Gasteiger partial charge in [0, 0.05) is 30.0 Å². The van der Waals surface area contributed by atoms with Crippen LogP contribution in [0.15, 0.2) is 35.7 Å². The van der Waals surface area contributed by atoms with Crippen LogP contribution < -0.4 is 0 Å². The molecule has 4 rings (SSSR count). The van der Waals surface area contributed by atoms with Crippen molar-refractivity contribution in [3.8, 4) is 11.3 Å². The van der Waals surface area contributed by atoms with Crippen LogP contribution in [0, 0.1) is 11.8 Å². The second-order valence-electron chi connectivity index (χ2n) is 5.91. The van der Waals surface area contributed by atoms with Crippen molar-refractivity contribution in [3.05, 3.63) is 40.7 Å². The van der Waals surface area contributed by atoms with Crippen molar-refractivity contribution in [2.75, 3.05) is 13.1 Å². The molecule has 0 radical (unpaired) electrons. The van der Waals surface area contributed by atoms with Crippen LogP contribution in [0.1, 0.15) is 11.4 Å².